The fourth-order valence-electron chi connectivity index (χ4n) is 2.66. The molecule has 1 saturated carbocycles. The van der Waals surface area contributed by atoms with Crippen molar-refractivity contribution in [1.29, 1.82) is 0 Å². The van der Waals surface area contributed by atoms with Crippen LogP contribution in [0.4, 0.5) is 5.69 Å². The fourth-order valence-corrected chi connectivity index (χ4v) is 2.66. The summed E-state index contributed by atoms with van der Waals surface area (Å²) in [7, 11) is 0. The van der Waals surface area contributed by atoms with Crippen LogP contribution in [0, 0.1) is 12.8 Å². The lowest BCUT2D eigenvalue weighted by molar-refractivity contribution is 0.560. The highest BCUT2D eigenvalue weighted by molar-refractivity contribution is 5.56. The maximum Gasteiger partial charge on any atom is 0.0375 e. The fraction of sp³-hybridized carbons (Fsp3) is 0.538. The topological polar surface area (TPSA) is 12.0 Å². The highest BCUT2D eigenvalue weighted by atomic mass is 14.9. The van der Waals surface area contributed by atoms with Crippen LogP contribution in [0.1, 0.15) is 36.3 Å². The Balaban J connectivity index is 2.02. The zero-order valence-corrected chi connectivity index (χ0v) is 8.72. The van der Waals surface area contributed by atoms with Crippen LogP contribution in [0.2, 0.25) is 0 Å². The summed E-state index contributed by atoms with van der Waals surface area (Å²) in [5, 5.41) is 3.50. The highest BCUT2D eigenvalue weighted by Gasteiger charge is 2.34. The molecule has 1 aromatic rings. The molecular weight excluding hydrogens is 170 g/mol. The second kappa shape index (κ2) is 3.01. The summed E-state index contributed by atoms with van der Waals surface area (Å²) in [6.07, 6.45) is 4.25. The van der Waals surface area contributed by atoms with Crippen LogP contribution >= 0.6 is 0 Å². The molecule has 1 fully saturated rings. The summed E-state index contributed by atoms with van der Waals surface area (Å²) >= 11 is 0. The lowest BCUT2D eigenvalue weighted by Gasteiger charge is -2.27. The van der Waals surface area contributed by atoms with Crippen LogP contribution in [-0.2, 0) is 0 Å². The Bertz CT molecular complexity index is 352. The maximum absolute atomic E-state index is 3.50. The summed E-state index contributed by atoms with van der Waals surface area (Å²) in [5.74, 6) is 1.85. The van der Waals surface area contributed by atoms with E-state index >= 15 is 0 Å². The zero-order chi connectivity index (χ0) is 9.54. The van der Waals surface area contributed by atoms with Gasteiger partial charge in [0.2, 0.25) is 0 Å². The number of rotatable bonds is 1. The van der Waals surface area contributed by atoms with Gasteiger partial charge >= 0.3 is 0 Å². The number of fused-ring (bicyclic) bond motifs is 1. The first kappa shape index (κ1) is 8.34. The molecule has 1 N–H and O–H groups in total. The molecule has 1 heteroatoms. The van der Waals surface area contributed by atoms with Gasteiger partial charge in [-0.05, 0) is 49.7 Å². The summed E-state index contributed by atoms with van der Waals surface area (Å²) < 4.78 is 0. The molecule has 3 rings (SSSR count). The van der Waals surface area contributed by atoms with Crippen LogP contribution in [0.25, 0.3) is 0 Å². The Morgan fingerprint density at radius 1 is 1.21 bits per heavy atom. The second-order valence-electron chi connectivity index (χ2n) is 4.75. The molecule has 1 aromatic carbocycles. The van der Waals surface area contributed by atoms with Gasteiger partial charge in [-0.25, -0.2) is 0 Å². The smallest absolute Gasteiger partial charge is 0.0375 e. The van der Waals surface area contributed by atoms with Crippen LogP contribution in [0.15, 0.2) is 18.2 Å². The molecule has 1 nitrogen and oxygen atoms in total. The van der Waals surface area contributed by atoms with E-state index in [4.69, 9.17) is 0 Å². The van der Waals surface area contributed by atoms with Gasteiger partial charge in [-0.2, -0.15) is 0 Å². The van der Waals surface area contributed by atoms with Gasteiger partial charge in [0, 0.05) is 12.2 Å². The van der Waals surface area contributed by atoms with Gasteiger partial charge in [0.25, 0.3) is 0 Å². The highest BCUT2D eigenvalue weighted by Crippen LogP contribution is 2.48. The van der Waals surface area contributed by atoms with E-state index in [-0.39, 0.29) is 0 Å². The van der Waals surface area contributed by atoms with E-state index in [0.717, 1.165) is 18.4 Å². The van der Waals surface area contributed by atoms with Gasteiger partial charge in [-0.3, -0.25) is 0 Å². The van der Waals surface area contributed by atoms with E-state index < -0.39 is 0 Å². The molecule has 74 valence electrons. The van der Waals surface area contributed by atoms with Crippen LogP contribution in [0.5, 0.6) is 0 Å². The molecule has 1 atom stereocenters. The minimum absolute atomic E-state index is 0.853. The molecule has 0 aromatic heterocycles. The molecule has 14 heavy (non-hydrogen) atoms. The van der Waals surface area contributed by atoms with Crippen molar-refractivity contribution in [2.45, 2.75) is 32.1 Å². The number of benzene rings is 1. The van der Waals surface area contributed by atoms with Crippen molar-refractivity contribution in [3.63, 3.8) is 0 Å². The molecule has 2 aliphatic rings. The molecule has 1 aliphatic heterocycles. The second-order valence-corrected chi connectivity index (χ2v) is 4.75. The Kier molecular flexibility index (Phi) is 1.79. The van der Waals surface area contributed by atoms with E-state index in [1.165, 1.54) is 30.5 Å². The van der Waals surface area contributed by atoms with E-state index in [0.29, 0.717) is 0 Å². The van der Waals surface area contributed by atoms with Crippen LogP contribution in [-0.4, -0.2) is 6.54 Å². The van der Waals surface area contributed by atoms with E-state index in [1.54, 1.807) is 5.56 Å². The van der Waals surface area contributed by atoms with Gasteiger partial charge in [0.1, 0.15) is 0 Å². The van der Waals surface area contributed by atoms with Crippen LogP contribution in [0.3, 0.4) is 0 Å². The monoisotopic (exact) mass is 187 g/mol. The molecule has 0 spiro atoms. The number of anilines is 1. The quantitative estimate of drug-likeness (QED) is 0.711. The van der Waals surface area contributed by atoms with Gasteiger partial charge < -0.3 is 5.32 Å². The molecule has 0 radical (unpaired) electrons. The molecule has 0 amide bonds. The molecule has 0 saturated heterocycles. The predicted octanol–water partition coefficient (Wildman–Crippen LogP) is 3.30. The standard InChI is InChI=1S/C13H17N/c1-9-2-5-13-12(8-9)11(6-7-14-13)10-3-4-10/h2,5,8,10-11,14H,3-4,6-7H2,1H3. The third-order valence-electron chi connectivity index (χ3n) is 3.57. The number of hydrogen-bond acceptors (Lipinski definition) is 1. The van der Waals surface area contributed by atoms with Gasteiger partial charge in [-0.1, -0.05) is 17.7 Å². The first-order chi connectivity index (χ1) is 6.84. The minimum atomic E-state index is 0.853. The predicted molar refractivity (Wildman–Crippen MR) is 59.8 cm³/mol. The Morgan fingerprint density at radius 2 is 2.07 bits per heavy atom. The van der Waals surface area contributed by atoms with Gasteiger partial charge in [0.15, 0.2) is 0 Å². The summed E-state index contributed by atoms with van der Waals surface area (Å²) in [6.45, 7) is 3.36. The van der Waals surface area contributed by atoms with Crippen molar-refractivity contribution in [2.75, 3.05) is 11.9 Å². The lowest BCUT2D eigenvalue weighted by atomic mass is 9.86. The van der Waals surface area contributed by atoms with Crippen molar-refractivity contribution in [1.82, 2.24) is 0 Å². The van der Waals surface area contributed by atoms with E-state index in [1.807, 2.05) is 0 Å². The average molecular weight is 187 g/mol. The Hall–Kier alpha value is -0.980. The van der Waals surface area contributed by atoms with E-state index in [2.05, 4.69) is 30.4 Å². The first-order valence-corrected chi connectivity index (χ1v) is 5.69. The zero-order valence-electron chi connectivity index (χ0n) is 8.72. The average Bonchev–Trinajstić information content (AvgIpc) is 3.00. The third-order valence-corrected chi connectivity index (χ3v) is 3.57. The number of aryl methyl sites for hydroxylation is 1. The molecule has 0 bridgehead atoms. The molecule has 1 aliphatic carbocycles. The Morgan fingerprint density at radius 3 is 2.86 bits per heavy atom. The van der Waals surface area contributed by atoms with Gasteiger partial charge in [0.05, 0.1) is 0 Å². The molecule has 1 heterocycles. The van der Waals surface area contributed by atoms with Gasteiger partial charge in [-0.15, -0.1) is 0 Å². The summed E-state index contributed by atoms with van der Waals surface area (Å²) in [5.41, 5.74) is 4.37. The Labute approximate surface area is 85.5 Å². The maximum atomic E-state index is 3.50. The van der Waals surface area contributed by atoms with Crippen molar-refractivity contribution in [2.24, 2.45) is 5.92 Å². The molecule has 1 unspecified atom stereocenters. The molecular formula is C13H17N. The van der Waals surface area contributed by atoms with Crippen molar-refractivity contribution in [3.05, 3.63) is 29.3 Å². The lowest BCUT2D eigenvalue weighted by Crippen LogP contribution is -2.18. The summed E-state index contributed by atoms with van der Waals surface area (Å²) in [4.78, 5) is 0. The van der Waals surface area contributed by atoms with E-state index in [9.17, 15) is 0 Å². The minimum Gasteiger partial charge on any atom is -0.385 e. The van der Waals surface area contributed by atoms with Crippen molar-refractivity contribution < 1.29 is 0 Å². The third kappa shape index (κ3) is 1.31. The summed E-state index contributed by atoms with van der Waals surface area (Å²) in [6, 6.07) is 6.84. The van der Waals surface area contributed by atoms with Crippen LogP contribution < -0.4 is 5.32 Å². The van der Waals surface area contributed by atoms with Crippen molar-refractivity contribution >= 4 is 5.69 Å². The van der Waals surface area contributed by atoms with Crippen molar-refractivity contribution in [3.8, 4) is 0 Å². The largest absolute Gasteiger partial charge is 0.385 e. The first-order valence-electron chi connectivity index (χ1n) is 5.69. The SMILES string of the molecule is Cc1ccc2c(c1)C(C1CC1)CCN2. The number of hydrogen-bond donors (Lipinski definition) is 1. The normalized spacial score (nSPS) is 25.4. The number of nitrogens with one attached hydrogen (secondary N) is 1.